The van der Waals surface area contributed by atoms with Gasteiger partial charge in [-0.1, -0.05) is 35.9 Å². The largest absolute Gasteiger partial charge is 0.339 e. The summed E-state index contributed by atoms with van der Waals surface area (Å²) in [7, 11) is 1.76. The van der Waals surface area contributed by atoms with Gasteiger partial charge in [-0.05, 0) is 43.2 Å². The molecule has 1 atom stereocenters. The highest BCUT2D eigenvalue weighted by Crippen LogP contribution is 2.22. The van der Waals surface area contributed by atoms with Crippen molar-refractivity contribution in [2.75, 3.05) is 7.05 Å². The van der Waals surface area contributed by atoms with Gasteiger partial charge in [-0.25, -0.2) is 4.98 Å². The highest BCUT2D eigenvalue weighted by molar-refractivity contribution is 6.30. The van der Waals surface area contributed by atoms with E-state index in [9.17, 15) is 9.59 Å². The number of nitrogens with zero attached hydrogens (tertiary/aromatic N) is 3. The predicted molar refractivity (Wildman–Crippen MR) is 108 cm³/mol. The summed E-state index contributed by atoms with van der Waals surface area (Å²) in [6.07, 6.45) is 1.74. The molecule has 0 N–H and O–H groups in total. The molecule has 0 spiro atoms. The van der Waals surface area contributed by atoms with Gasteiger partial charge in [0, 0.05) is 25.0 Å². The summed E-state index contributed by atoms with van der Waals surface area (Å²) in [5.74, 6) is -0.0429. The average molecular weight is 384 g/mol. The summed E-state index contributed by atoms with van der Waals surface area (Å²) < 4.78 is 1.50. The lowest BCUT2D eigenvalue weighted by molar-refractivity contribution is -0.132. The maximum atomic E-state index is 12.6. The number of halogens is 1. The topological polar surface area (TPSA) is 55.2 Å². The van der Waals surface area contributed by atoms with Gasteiger partial charge in [0.25, 0.3) is 5.56 Å². The molecule has 3 aromatic rings. The van der Waals surface area contributed by atoms with Gasteiger partial charge in [-0.3, -0.25) is 14.2 Å². The van der Waals surface area contributed by atoms with E-state index in [2.05, 4.69) is 4.98 Å². The normalized spacial score (nSPS) is 12.1. The van der Waals surface area contributed by atoms with Crippen LogP contribution in [0.3, 0.4) is 0 Å². The van der Waals surface area contributed by atoms with E-state index in [1.807, 2.05) is 44.2 Å². The fraction of sp³-hybridized carbons (Fsp3) is 0.286. The quantitative estimate of drug-likeness (QED) is 0.669. The van der Waals surface area contributed by atoms with E-state index in [4.69, 9.17) is 11.6 Å². The summed E-state index contributed by atoms with van der Waals surface area (Å²) in [6, 6.07) is 12.9. The maximum absolute atomic E-state index is 12.6. The Bertz CT molecular complexity index is 1050. The Morgan fingerprint density at radius 1 is 1.26 bits per heavy atom. The second kappa shape index (κ2) is 7.92. The Morgan fingerprint density at radius 3 is 2.74 bits per heavy atom. The molecule has 2 aromatic carbocycles. The molecule has 1 heterocycles. The number of rotatable bonds is 5. The molecule has 1 aromatic heterocycles. The average Bonchev–Trinajstić information content (AvgIpc) is 2.66. The molecule has 1 amide bonds. The van der Waals surface area contributed by atoms with Crippen molar-refractivity contribution in [3.05, 3.63) is 75.3 Å². The van der Waals surface area contributed by atoms with E-state index in [1.165, 1.54) is 10.9 Å². The number of carbonyl (C=O) groups excluding carboxylic acids is 1. The number of amides is 1. The first-order valence-electron chi connectivity index (χ1n) is 8.84. The number of aromatic nitrogens is 2. The number of carbonyl (C=O) groups is 1. The molecule has 0 bridgehead atoms. The second-order valence-electron chi connectivity index (χ2n) is 6.70. The molecule has 6 heteroatoms. The lowest BCUT2D eigenvalue weighted by atomic mass is 10.1. The third-order valence-corrected chi connectivity index (χ3v) is 5.16. The van der Waals surface area contributed by atoms with Crippen molar-refractivity contribution in [1.29, 1.82) is 0 Å². The summed E-state index contributed by atoms with van der Waals surface area (Å²) in [4.78, 5) is 31.3. The minimum Gasteiger partial charge on any atom is -0.339 e. The van der Waals surface area contributed by atoms with Crippen molar-refractivity contribution in [3.8, 4) is 0 Å². The van der Waals surface area contributed by atoms with Crippen LogP contribution in [0.15, 0.2) is 53.6 Å². The molecule has 5 nitrogen and oxygen atoms in total. The Hall–Kier alpha value is -2.66. The molecule has 0 aliphatic rings. The van der Waals surface area contributed by atoms with Crippen molar-refractivity contribution in [2.45, 2.75) is 32.9 Å². The van der Waals surface area contributed by atoms with Crippen LogP contribution in [0.1, 0.15) is 30.5 Å². The van der Waals surface area contributed by atoms with Crippen molar-refractivity contribution in [3.63, 3.8) is 0 Å². The van der Waals surface area contributed by atoms with Gasteiger partial charge in [-0.2, -0.15) is 0 Å². The third kappa shape index (κ3) is 4.03. The minimum atomic E-state index is -0.123. The van der Waals surface area contributed by atoms with E-state index >= 15 is 0 Å². The van der Waals surface area contributed by atoms with Crippen LogP contribution in [0.4, 0.5) is 0 Å². The zero-order valence-corrected chi connectivity index (χ0v) is 16.4. The van der Waals surface area contributed by atoms with E-state index in [-0.39, 0.29) is 23.9 Å². The second-order valence-corrected chi connectivity index (χ2v) is 7.14. The van der Waals surface area contributed by atoms with E-state index in [0.29, 0.717) is 22.5 Å². The van der Waals surface area contributed by atoms with Crippen molar-refractivity contribution < 1.29 is 4.79 Å². The molecule has 140 valence electrons. The first-order valence-corrected chi connectivity index (χ1v) is 9.22. The van der Waals surface area contributed by atoms with Crippen LogP contribution in [-0.4, -0.2) is 27.4 Å². The Kier molecular flexibility index (Phi) is 5.61. The molecule has 3 rings (SSSR count). The SMILES string of the molecule is Cc1cccc2c(=O)n(CCC(=O)N(C)C(C)c3cccc(Cl)c3)cnc12. The fourth-order valence-corrected chi connectivity index (χ4v) is 3.29. The number of para-hydroxylation sites is 1. The lowest BCUT2D eigenvalue weighted by Crippen LogP contribution is -2.31. The minimum absolute atomic E-state index is 0.0429. The van der Waals surface area contributed by atoms with Gasteiger partial charge >= 0.3 is 0 Å². The van der Waals surface area contributed by atoms with E-state index < -0.39 is 0 Å². The van der Waals surface area contributed by atoms with Crippen molar-refractivity contribution in [2.24, 2.45) is 0 Å². The van der Waals surface area contributed by atoms with Crippen molar-refractivity contribution in [1.82, 2.24) is 14.5 Å². The zero-order chi connectivity index (χ0) is 19.6. The predicted octanol–water partition coefficient (Wildman–Crippen LogP) is 3.97. The molecule has 27 heavy (non-hydrogen) atoms. The highest BCUT2D eigenvalue weighted by atomic mass is 35.5. The van der Waals surface area contributed by atoms with Crippen LogP contribution in [0.2, 0.25) is 5.02 Å². The molecule has 0 radical (unpaired) electrons. The van der Waals surface area contributed by atoms with Gasteiger partial charge in [0.2, 0.25) is 5.91 Å². The van der Waals surface area contributed by atoms with Crippen molar-refractivity contribution >= 4 is 28.4 Å². The van der Waals surface area contributed by atoms with Crippen LogP contribution >= 0.6 is 11.6 Å². The standard InChI is InChI=1S/C21H22ClN3O2/c1-14-6-4-9-18-20(14)23-13-25(21(18)27)11-10-19(26)24(3)15(2)16-7-5-8-17(22)12-16/h4-9,12-13,15H,10-11H2,1-3H3. The molecular formula is C21H22ClN3O2. The molecule has 0 saturated carbocycles. The van der Waals surface area contributed by atoms with Crippen LogP contribution in [0.25, 0.3) is 10.9 Å². The zero-order valence-electron chi connectivity index (χ0n) is 15.6. The van der Waals surface area contributed by atoms with Crippen LogP contribution in [-0.2, 0) is 11.3 Å². The Balaban J connectivity index is 1.73. The first kappa shape index (κ1) is 19.1. The highest BCUT2D eigenvalue weighted by Gasteiger charge is 2.18. The molecule has 0 aliphatic carbocycles. The van der Waals surface area contributed by atoms with Crippen LogP contribution in [0, 0.1) is 6.92 Å². The molecule has 0 fully saturated rings. The maximum Gasteiger partial charge on any atom is 0.261 e. The Labute approximate surface area is 163 Å². The number of benzene rings is 2. The molecule has 0 saturated heterocycles. The molecular weight excluding hydrogens is 362 g/mol. The van der Waals surface area contributed by atoms with Gasteiger partial charge in [0.05, 0.1) is 23.3 Å². The number of hydrogen-bond donors (Lipinski definition) is 0. The molecule has 0 aliphatic heterocycles. The summed E-state index contributed by atoms with van der Waals surface area (Å²) in [5.41, 5.74) is 2.51. The summed E-state index contributed by atoms with van der Waals surface area (Å²) in [6.45, 7) is 4.17. The lowest BCUT2D eigenvalue weighted by Gasteiger charge is -2.25. The first-order chi connectivity index (χ1) is 12.9. The van der Waals surface area contributed by atoms with Gasteiger partial charge in [0.1, 0.15) is 0 Å². The van der Waals surface area contributed by atoms with Gasteiger partial charge in [0.15, 0.2) is 0 Å². The molecule has 1 unspecified atom stereocenters. The van der Waals surface area contributed by atoms with E-state index in [1.54, 1.807) is 24.1 Å². The fourth-order valence-electron chi connectivity index (χ4n) is 3.10. The number of fused-ring (bicyclic) bond motifs is 1. The van der Waals surface area contributed by atoms with Gasteiger partial charge < -0.3 is 4.90 Å². The monoisotopic (exact) mass is 383 g/mol. The van der Waals surface area contributed by atoms with Crippen LogP contribution < -0.4 is 5.56 Å². The van der Waals surface area contributed by atoms with Gasteiger partial charge in [-0.15, -0.1) is 0 Å². The number of aryl methyl sites for hydroxylation is 2. The smallest absolute Gasteiger partial charge is 0.261 e. The summed E-state index contributed by atoms with van der Waals surface area (Å²) >= 11 is 6.04. The number of hydrogen-bond acceptors (Lipinski definition) is 3. The van der Waals surface area contributed by atoms with E-state index in [0.717, 1.165) is 11.1 Å². The Morgan fingerprint density at radius 2 is 2.00 bits per heavy atom. The van der Waals surface area contributed by atoms with Crippen LogP contribution in [0.5, 0.6) is 0 Å². The summed E-state index contributed by atoms with van der Waals surface area (Å²) in [5, 5.41) is 1.22. The third-order valence-electron chi connectivity index (χ3n) is 4.93.